The molecular formula is C11H24NO9+. The van der Waals surface area contributed by atoms with Gasteiger partial charge in [0.05, 0.1) is 26.9 Å². The Morgan fingerprint density at radius 1 is 1.10 bits per heavy atom. The van der Waals surface area contributed by atoms with Gasteiger partial charge in [-0.05, 0) is 0 Å². The second-order valence-corrected chi connectivity index (χ2v) is 5.01. The summed E-state index contributed by atoms with van der Waals surface area (Å²) >= 11 is 0. The van der Waals surface area contributed by atoms with Crippen LogP contribution < -0.4 is 0 Å². The molecular weight excluding hydrogens is 290 g/mol. The lowest BCUT2D eigenvalue weighted by Crippen LogP contribution is -2.75. The molecule has 0 fully saturated rings. The number of likely N-dealkylation sites (N-methyl/N-ethyl adjacent to an activating group) is 1. The summed E-state index contributed by atoms with van der Waals surface area (Å²) in [5.74, 6) is -1.91. The molecule has 0 aromatic rings. The van der Waals surface area contributed by atoms with Crippen molar-refractivity contribution in [2.45, 2.75) is 24.0 Å². The van der Waals surface area contributed by atoms with Crippen molar-refractivity contribution in [3.05, 3.63) is 0 Å². The third-order valence-electron chi connectivity index (χ3n) is 3.64. The van der Waals surface area contributed by atoms with Crippen LogP contribution in [-0.4, -0.2) is 115 Å². The number of nitrogens with zero attached hydrogens (tertiary/aromatic N) is 1. The zero-order chi connectivity index (χ0) is 16.8. The third kappa shape index (κ3) is 3.87. The van der Waals surface area contributed by atoms with E-state index in [0.717, 1.165) is 7.05 Å². The molecule has 8 N–H and O–H groups in total. The Labute approximate surface area is 121 Å². The van der Waals surface area contributed by atoms with Crippen molar-refractivity contribution in [3.63, 3.8) is 0 Å². The lowest BCUT2D eigenvalue weighted by atomic mass is 9.94. The molecule has 0 bridgehead atoms. The van der Waals surface area contributed by atoms with Crippen LogP contribution in [0, 0.1) is 0 Å². The Morgan fingerprint density at radius 3 is 1.81 bits per heavy atom. The maximum Gasteiger partial charge on any atom is 0.398 e. The number of carboxylic acids is 1. The van der Waals surface area contributed by atoms with E-state index < -0.39 is 54.3 Å². The second-order valence-electron chi connectivity index (χ2n) is 5.01. The van der Waals surface area contributed by atoms with Crippen LogP contribution in [0.2, 0.25) is 0 Å². The number of rotatable bonds is 10. The lowest BCUT2D eigenvalue weighted by molar-refractivity contribution is -0.977. The topological polar surface area (TPSA) is 179 Å². The molecule has 0 radical (unpaired) electrons. The van der Waals surface area contributed by atoms with E-state index >= 15 is 0 Å². The first-order valence-corrected chi connectivity index (χ1v) is 6.29. The number of hydrogen-bond acceptors (Lipinski definition) is 8. The zero-order valence-electron chi connectivity index (χ0n) is 11.7. The van der Waals surface area contributed by atoms with Crippen LogP contribution in [0.5, 0.6) is 0 Å². The molecule has 0 aliphatic heterocycles. The Kier molecular flexibility index (Phi) is 7.64. The molecule has 0 unspecified atom stereocenters. The second kappa shape index (κ2) is 7.96. The van der Waals surface area contributed by atoms with Gasteiger partial charge in [-0.15, -0.1) is 0 Å². The predicted octanol–water partition coefficient (Wildman–Crippen LogP) is -4.73. The monoisotopic (exact) mass is 314 g/mol. The normalized spacial score (nSPS) is 19.6. The molecule has 0 aromatic heterocycles. The highest BCUT2D eigenvalue weighted by atomic mass is 16.5. The molecule has 0 saturated heterocycles. The van der Waals surface area contributed by atoms with Crippen molar-refractivity contribution < 1.29 is 50.1 Å². The van der Waals surface area contributed by atoms with E-state index in [4.69, 9.17) is 15.3 Å². The molecule has 10 nitrogen and oxygen atoms in total. The van der Waals surface area contributed by atoms with Crippen LogP contribution in [-0.2, 0) is 4.79 Å². The number of carbonyl (C=O) groups is 1. The maximum absolute atomic E-state index is 11.4. The molecule has 0 heterocycles. The molecule has 0 aliphatic carbocycles. The summed E-state index contributed by atoms with van der Waals surface area (Å²) in [6, 6.07) is 0. The van der Waals surface area contributed by atoms with Gasteiger partial charge in [0.1, 0.15) is 25.3 Å². The first kappa shape index (κ1) is 20.1. The summed E-state index contributed by atoms with van der Waals surface area (Å²) < 4.78 is -0.911. The van der Waals surface area contributed by atoms with E-state index in [9.17, 15) is 30.3 Å². The van der Waals surface area contributed by atoms with Gasteiger partial charge >= 0.3 is 11.7 Å². The van der Waals surface area contributed by atoms with Gasteiger partial charge in [-0.1, -0.05) is 0 Å². The molecule has 0 aromatic carbocycles. The molecule has 10 heteroatoms. The summed E-state index contributed by atoms with van der Waals surface area (Å²) in [5, 5.41) is 75.3. The smallest absolute Gasteiger partial charge is 0.398 e. The summed E-state index contributed by atoms with van der Waals surface area (Å²) in [7, 11) is 1.15. The molecule has 0 amide bonds. The Hall–Kier alpha value is -0.850. The largest absolute Gasteiger partial charge is 0.475 e. The van der Waals surface area contributed by atoms with Crippen molar-refractivity contribution in [1.29, 1.82) is 0 Å². The minimum Gasteiger partial charge on any atom is -0.475 e. The van der Waals surface area contributed by atoms with Crippen molar-refractivity contribution in [2.24, 2.45) is 0 Å². The average Bonchev–Trinajstić information content (AvgIpc) is 2.43. The van der Waals surface area contributed by atoms with Gasteiger partial charge in [0, 0.05) is 0 Å². The maximum atomic E-state index is 11.4. The number of aliphatic hydroxyl groups is 7. The summed E-state index contributed by atoms with van der Waals surface area (Å²) in [6.07, 6.45) is -6.39. The fourth-order valence-electron chi connectivity index (χ4n) is 2.13. The van der Waals surface area contributed by atoms with Crippen LogP contribution in [0.1, 0.15) is 0 Å². The van der Waals surface area contributed by atoms with Crippen molar-refractivity contribution in [3.8, 4) is 0 Å². The molecule has 126 valence electrons. The van der Waals surface area contributed by atoms with Gasteiger partial charge < -0.3 is 40.9 Å². The van der Waals surface area contributed by atoms with E-state index in [1.165, 1.54) is 0 Å². The van der Waals surface area contributed by atoms with Gasteiger partial charge in [0.15, 0.2) is 6.10 Å². The quantitative estimate of drug-likeness (QED) is 0.145. The van der Waals surface area contributed by atoms with E-state index in [2.05, 4.69) is 0 Å². The van der Waals surface area contributed by atoms with Gasteiger partial charge in [0.2, 0.25) is 0 Å². The Balaban J connectivity index is 5.73. The standard InChI is InChI=1S/C11H23NO9/c1-12(2-4-13,3-5-14)11(21,10(19)20)9(18)8(17)7(16)6-15/h7-9,13-18,21H,2-6H2,1H3/p+1/t7-,8-,9+,11+/m1/s1. The van der Waals surface area contributed by atoms with Gasteiger partial charge in [-0.2, -0.15) is 0 Å². The minimum atomic E-state index is -3.01. The highest BCUT2D eigenvalue weighted by Crippen LogP contribution is 2.27. The molecule has 0 saturated carbocycles. The van der Waals surface area contributed by atoms with Crippen molar-refractivity contribution in [1.82, 2.24) is 0 Å². The number of aliphatic hydroxyl groups excluding tert-OH is 6. The number of aliphatic carboxylic acids is 1. The van der Waals surface area contributed by atoms with Crippen LogP contribution in [0.15, 0.2) is 0 Å². The predicted molar refractivity (Wildman–Crippen MR) is 67.8 cm³/mol. The van der Waals surface area contributed by atoms with E-state index in [-0.39, 0.29) is 13.1 Å². The van der Waals surface area contributed by atoms with Gasteiger partial charge in [0.25, 0.3) is 0 Å². The van der Waals surface area contributed by atoms with Gasteiger partial charge in [-0.25, -0.2) is 4.79 Å². The van der Waals surface area contributed by atoms with Crippen LogP contribution in [0.4, 0.5) is 0 Å². The van der Waals surface area contributed by atoms with E-state index in [1.54, 1.807) is 0 Å². The highest BCUT2D eigenvalue weighted by Gasteiger charge is 2.61. The number of hydrogen-bond donors (Lipinski definition) is 8. The molecule has 0 aliphatic rings. The first-order chi connectivity index (χ1) is 9.62. The Bertz CT molecular complexity index is 334. The average molecular weight is 314 g/mol. The third-order valence-corrected chi connectivity index (χ3v) is 3.64. The fourth-order valence-corrected chi connectivity index (χ4v) is 2.13. The lowest BCUT2D eigenvalue weighted by Gasteiger charge is -2.47. The molecule has 4 atom stereocenters. The van der Waals surface area contributed by atoms with Crippen LogP contribution in [0.3, 0.4) is 0 Å². The van der Waals surface area contributed by atoms with Crippen molar-refractivity contribution >= 4 is 5.97 Å². The van der Waals surface area contributed by atoms with Gasteiger partial charge in [-0.3, -0.25) is 4.48 Å². The van der Waals surface area contributed by atoms with E-state index in [1.807, 2.05) is 0 Å². The summed E-state index contributed by atoms with van der Waals surface area (Å²) in [4.78, 5) is 11.4. The number of carboxylic acid groups (broad SMARTS) is 1. The molecule has 21 heavy (non-hydrogen) atoms. The van der Waals surface area contributed by atoms with Crippen LogP contribution in [0.25, 0.3) is 0 Å². The molecule has 0 spiro atoms. The van der Waals surface area contributed by atoms with Crippen molar-refractivity contribution in [2.75, 3.05) is 40.0 Å². The fraction of sp³-hybridized carbons (Fsp3) is 0.909. The SMILES string of the molecule is C[N+](CCO)(CCO)[C@@](O)(C(=O)O)[C@@H](O)[C@H](O)[C@H](O)CO. The Morgan fingerprint density at radius 2 is 1.52 bits per heavy atom. The molecule has 0 rings (SSSR count). The van der Waals surface area contributed by atoms with Crippen LogP contribution >= 0.6 is 0 Å². The minimum absolute atomic E-state index is 0.345. The first-order valence-electron chi connectivity index (χ1n) is 6.29. The summed E-state index contributed by atoms with van der Waals surface area (Å²) in [6.45, 7) is -2.77. The van der Waals surface area contributed by atoms with E-state index in [0.29, 0.717) is 0 Å². The number of quaternary nitrogens is 1. The zero-order valence-corrected chi connectivity index (χ0v) is 11.7. The highest BCUT2D eigenvalue weighted by molar-refractivity contribution is 5.76. The summed E-state index contributed by atoms with van der Waals surface area (Å²) in [5.41, 5.74) is -3.01.